The third-order valence-electron chi connectivity index (χ3n) is 2.77. The first-order chi connectivity index (χ1) is 10.3. The van der Waals surface area contributed by atoms with Crippen LogP contribution in [0, 0.1) is 10.1 Å². The van der Waals surface area contributed by atoms with Gasteiger partial charge in [0.2, 0.25) is 5.75 Å². The molecule has 116 valence electrons. The van der Waals surface area contributed by atoms with E-state index in [1.807, 2.05) is 0 Å². The van der Waals surface area contributed by atoms with E-state index in [0.29, 0.717) is 11.8 Å². The maximum absolute atomic E-state index is 12.6. The molecule has 22 heavy (non-hydrogen) atoms. The van der Waals surface area contributed by atoms with E-state index in [1.165, 1.54) is 13.2 Å². The predicted molar refractivity (Wildman–Crippen MR) is 71.2 cm³/mol. The quantitative estimate of drug-likeness (QED) is 0.619. The van der Waals surface area contributed by atoms with Gasteiger partial charge in [0.1, 0.15) is 0 Å². The highest BCUT2D eigenvalue weighted by atomic mass is 19.4. The molecule has 0 radical (unpaired) electrons. The molecular formula is C14H10F3NO4. The lowest BCUT2D eigenvalue weighted by Crippen LogP contribution is -2.06. The van der Waals surface area contributed by atoms with Gasteiger partial charge in [-0.3, -0.25) is 10.1 Å². The van der Waals surface area contributed by atoms with Crippen molar-refractivity contribution in [2.45, 2.75) is 6.18 Å². The average molecular weight is 313 g/mol. The Kier molecular flexibility index (Phi) is 4.20. The Hall–Kier alpha value is -2.77. The number of alkyl halides is 3. The van der Waals surface area contributed by atoms with Gasteiger partial charge in [-0.1, -0.05) is 12.1 Å². The van der Waals surface area contributed by atoms with Crippen LogP contribution in [0.2, 0.25) is 0 Å². The molecule has 0 aliphatic heterocycles. The molecular weight excluding hydrogens is 303 g/mol. The molecule has 0 bridgehead atoms. The van der Waals surface area contributed by atoms with Gasteiger partial charge in [0.15, 0.2) is 11.5 Å². The van der Waals surface area contributed by atoms with E-state index < -0.39 is 22.4 Å². The minimum atomic E-state index is -4.67. The molecule has 0 aromatic heterocycles. The SMILES string of the molecule is COc1ccccc1Oc1ccc(C(F)(F)F)cc1[N+](=O)[O-]. The summed E-state index contributed by atoms with van der Waals surface area (Å²) in [7, 11) is 1.38. The average Bonchev–Trinajstić information content (AvgIpc) is 2.46. The van der Waals surface area contributed by atoms with E-state index in [4.69, 9.17) is 9.47 Å². The molecule has 0 aliphatic rings. The lowest BCUT2D eigenvalue weighted by atomic mass is 10.2. The topological polar surface area (TPSA) is 61.6 Å². The molecule has 0 saturated carbocycles. The Morgan fingerprint density at radius 3 is 2.23 bits per heavy atom. The van der Waals surface area contributed by atoms with Crippen molar-refractivity contribution in [2.24, 2.45) is 0 Å². The van der Waals surface area contributed by atoms with Crippen molar-refractivity contribution in [1.82, 2.24) is 0 Å². The summed E-state index contributed by atoms with van der Waals surface area (Å²) in [5.41, 5.74) is -1.90. The van der Waals surface area contributed by atoms with Crippen molar-refractivity contribution in [3.05, 3.63) is 58.1 Å². The van der Waals surface area contributed by atoms with Gasteiger partial charge < -0.3 is 9.47 Å². The Balaban J connectivity index is 2.45. The number of halogens is 3. The highest BCUT2D eigenvalue weighted by Crippen LogP contribution is 2.39. The van der Waals surface area contributed by atoms with Crippen LogP contribution in [-0.4, -0.2) is 12.0 Å². The Morgan fingerprint density at radius 2 is 1.68 bits per heavy atom. The fourth-order valence-corrected chi connectivity index (χ4v) is 1.74. The van der Waals surface area contributed by atoms with E-state index >= 15 is 0 Å². The van der Waals surface area contributed by atoms with Crippen LogP contribution in [0.5, 0.6) is 17.2 Å². The fraction of sp³-hybridized carbons (Fsp3) is 0.143. The number of hydrogen-bond acceptors (Lipinski definition) is 4. The number of nitrogens with zero attached hydrogens (tertiary/aromatic N) is 1. The smallest absolute Gasteiger partial charge is 0.416 e. The van der Waals surface area contributed by atoms with E-state index in [1.54, 1.807) is 18.2 Å². The van der Waals surface area contributed by atoms with E-state index in [-0.39, 0.29) is 11.5 Å². The van der Waals surface area contributed by atoms with Crippen LogP contribution in [-0.2, 0) is 6.18 Å². The molecule has 2 aromatic carbocycles. The number of nitro groups is 1. The molecule has 0 fully saturated rings. The maximum atomic E-state index is 12.6. The number of methoxy groups -OCH3 is 1. The molecule has 2 aromatic rings. The number of ether oxygens (including phenoxy) is 2. The molecule has 0 aliphatic carbocycles. The van der Waals surface area contributed by atoms with Gasteiger partial charge in [-0.2, -0.15) is 13.2 Å². The number of para-hydroxylation sites is 2. The summed E-state index contributed by atoms with van der Waals surface area (Å²) in [4.78, 5) is 10.0. The van der Waals surface area contributed by atoms with Crippen LogP contribution in [0.3, 0.4) is 0 Å². The molecule has 0 unspecified atom stereocenters. The normalized spacial score (nSPS) is 11.1. The summed E-state index contributed by atoms with van der Waals surface area (Å²) in [6.45, 7) is 0. The monoisotopic (exact) mass is 313 g/mol. The molecule has 0 amide bonds. The first-order valence-corrected chi connectivity index (χ1v) is 5.99. The standard InChI is InChI=1S/C14H10F3NO4/c1-21-12-4-2-3-5-13(12)22-11-7-6-9(14(15,16)17)8-10(11)18(19)20/h2-8H,1H3. The maximum Gasteiger partial charge on any atom is 0.416 e. The predicted octanol–water partition coefficient (Wildman–Crippen LogP) is 4.41. The van der Waals surface area contributed by atoms with Gasteiger partial charge in [-0.25, -0.2) is 0 Å². The largest absolute Gasteiger partial charge is 0.493 e. The Morgan fingerprint density at radius 1 is 1.05 bits per heavy atom. The zero-order valence-corrected chi connectivity index (χ0v) is 11.3. The highest BCUT2D eigenvalue weighted by Gasteiger charge is 2.33. The Bertz CT molecular complexity index is 701. The second kappa shape index (κ2) is 5.92. The number of hydrogen-bond donors (Lipinski definition) is 0. The van der Waals surface area contributed by atoms with Gasteiger partial charge >= 0.3 is 11.9 Å². The summed E-state index contributed by atoms with van der Waals surface area (Å²) < 4.78 is 48.2. The third-order valence-corrected chi connectivity index (χ3v) is 2.77. The third kappa shape index (κ3) is 3.27. The zero-order chi connectivity index (χ0) is 16.3. The molecule has 8 heteroatoms. The second-order valence-corrected chi connectivity index (χ2v) is 4.19. The number of nitro benzene ring substituents is 1. The first kappa shape index (κ1) is 15.6. The van der Waals surface area contributed by atoms with Crippen LogP contribution < -0.4 is 9.47 Å². The first-order valence-electron chi connectivity index (χ1n) is 5.99. The summed E-state index contributed by atoms with van der Waals surface area (Å²) in [6, 6.07) is 8.38. The van der Waals surface area contributed by atoms with Gasteiger partial charge in [0.25, 0.3) is 0 Å². The van der Waals surface area contributed by atoms with E-state index in [2.05, 4.69) is 0 Å². The Labute approximate surface area is 123 Å². The molecule has 0 atom stereocenters. The fourth-order valence-electron chi connectivity index (χ4n) is 1.74. The van der Waals surface area contributed by atoms with Crippen molar-refractivity contribution >= 4 is 5.69 Å². The van der Waals surface area contributed by atoms with Crippen LogP contribution in [0.25, 0.3) is 0 Å². The van der Waals surface area contributed by atoms with Crippen LogP contribution in [0.4, 0.5) is 18.9 Å². The highest BCUT2D eigenvalue weighted by molar-refractivity contribution is 5.53. The minimum Gasteiger partial charge on any atom is -0.493 e. The molecule has 0 heterocycles. The van der Waals surface area contributed by atoms with Crippen LogP contribution in [0.1, 0.15) is 5.56 Å². The summed E-state index contributed by atoms with van der Waals surface area (Å²) in [6.07, 6.45) is -4.67. The van der Waals surface area contributed by atoms with Crippen molar-refractivity contribution in [2.75, 3.05) is 7.11 Å². The summed E-state index contributed by atoms with van der Waals surface area (Å²) >= 11 is 0. The van der Waals surface area contributed by atoms with Crippen molar-refractivity contribution < 1.29 is 27.6 Å². The van der Waals surface area contributed by atoms with E-state index in [0.717, 1.165) is 12.1 Å². The van der Waals surface area contributed by atoms with Gasteiger partial charge in [0.05, 0.1) is 17.6 Å². The van der Waals surface area contributed by atoms with Crippen LogP contribution in [0.15, 0.2) is 42.5 Å². The zero-order valence-electron chi connectivity index (χ0n) is 11.3. The van der Waals surface area contributed by atoms with E-state index in [9.17, 15) is 23.3 Å². The van der Waals surface area contributed by atoms with Gasteiger partial charge in [-0.15, -0.1) is 0 Å². The molecule has 5 nitrogen and oxygen atoms in total. The summed E-state index contributed by atoms with van der Waals surface area (Å²) in [5.74, 6) is 0.159. The number of rotatable bonds is 4. The lowest BCUT2D eigenvalue weighted by molar-refractivity contribution is -0.385. The molecule has 0 saturated heterocycles. The summed E-state index contributed by atoms with van der Waals surface area (Å²) in [5, 5.41) is 11.0. The molecule has 2 rings (SSSR count). The van der Waals surface area contributed by atoms with Gasteiger partial charge in [0, 0.05) is 6.07 Å². The van der Waals surface area contributed by atoms with Crippen LogP contribution >= 0.6 is 0 Å². The number of benzene rings is 2. The van der Waals surface area contributed by atoms with Gasteiger partial charge in [-0.05, 0) is 24.3 Å². The van der Waals surface area contributed by atoms with Crippen molar-refractivity contribution in [3.63, 3.8) is 0 Å². The molecule has 0 spiro atoms. The second-order valence-electron chi connectivity index (χ2n) is 4.19. The van der Waals surface area contributed by atoms with Crippen molar-refractivity contribution in [1.29, 1.82) is 0 Å². The minimum absolute atomic E-state index is 0.160. The lowest BCUT2D eigenvalue weighted by Gasteiger charge is -2.11. The molecule has 0 N–H and O–H groups in total. The van der Waals surface area contributed by atoms with Crippen molar-refractivity contribution in [3.8, 4) is 17.2 Å².